The van der Waals surface area contributed by atoms with E-state index in [-0.39, 0.29) is 0 Å². The normalized spacial score (nSPS) is 11.5. The third kappa shape index (κ3) is 6.23. The van der Waals surface area contributed by atoms with Crippen LogP contribution < -0.4 is 0 Å². The van der Waals surface area contributed by atoms with Gasteiger partial charge in [0, 0.05) is 43.9 Å². The molecule has 0 atom stereocenters. The summed E-state index contributed by atoms with van der Waals surface area (Å²) >= 11 is 0. The molecule has 0 aliphatic heterocycles. The van der Waals surface area contributed by atoms with Gasteiger partial charge in [0.25, 0.3) is 0 Å². The number of fused-ring (bicyclic) bond motifs is 6. The Balaban J connectivity index is 1.00. The van der Waals surface area contributed by atoms with E-state index in [0.29, 0.717) is 17.5 Å². The maximum atomic E-state index is 6.63. The minimum atomic E-state index is 0.579. The van der Waals surface area contributed by atoms with Gasteiger partial charge in [0.15, 0.2) is 17.5 Å². The Morgan fingerprint density at radius 3 is 1.27 bits per heavy atom. The minimum Gasteiger partial charge on any atom is -0.456 e. The van der Waals surface area contributed by atoms with Gasteiger partial charge in [-0.1, -0.05) is 170 Å². The SMILES string of the molecule is c1ccc(-c2cccc(-c3nc(-c4ccccc4)nc(-c4ccc5c(c4)oc4ccc(-n6c7cc(-c8ccccc8)ccc7c7ccc(-c8ccccc8)cc76)cc45)n3)c2)cc1. The van der Waals surface area contributed by atoms with E-state index in [2.05, 4.69) is 187 Å². The molecule has 0 saturated heterocycles. The van der Waals surface area contributed by atoms with E-state index in [0.717, 1.165) is 66.5 Å². The van der Waals surface area contributed by atoms with Crippen molar-refractivity contribution in [3.8, 4) is 73.2 Å². The Hall–Kier alpha value is -8.41. The topological polar surface area (TPSA) is 56.7 Å². The molecule has 3 aromatic heterocycles. The van der Waals surface area contributed by atoms with Crippen LogP contribution in [0.25, 0.3) is 117 Å². The van der Waals surface area contributed by atoms with E-state index in [1.165, 1.54) is 33.0 Å². The van der Waals surface area contributed by atoms with Gasteiger partial charge in [0.2, 0.25) is 0 Å². The van der Waals surface area contributed by atoms with E-state index in [1.54, 1.807) is 0 Å². The Labute approximate surface area is 357 Å². The zero-order chi connectivity index (χ0) is 41.0. The van der Waals surface area contributed by atoms with Gasteiger partial charge in [0.05, 0.1) is 11.0 Å². The number of hydrogen-bond donors (Lipinski definition) is 0. The van der Waals surface area contributed by atoms with Crippen molar-refractivity contribution in [3.63, 3.8) is 0 Å². The molecular formula is C57H36N4O. The second-order valence-corrected chi connectivity index (χ2v) is 15.6. The summed E-state index contributed by atoms with van der Waals surface area (Å²) in [6, 6.07) is 76.5. The molecule has 290 valence electrons. The highest BCUT2D eigenvalue weighted by Crippen LogP contribution is 2.40. The van der Waals surface area contributed by atoms with Crippen molar-refractivity contribution in [2.45, 2.75) is 0 Å². The van der Waals surface area contributed by atoms with Gasteiger partial charge in [-0.25, -0.2) is 15.0 Å². The number of rotatable bonds is 7. The Morgan fingerprint density at radius 2 is 0.710 bits per heavy atom. The lowest BCUT2D eigenvalue weighted by atomic mass is 10.0. The highest BCUT2D eigenvalue weighted by atomic mass is 16.3. The molecule has 0 N–H and O–H groups in total. The molecule has 12 aromatic rings. The third-order valence-electron chi connectivity index (χ3n) is 11.8. The van der Waals surface area contributed by atoms with Crippen molar-refractivity contribution >= 4 is 43.7 Å². The molecule has 9 aromatic carbocycles. The van der Waals surface area contributed by atoms with Crippen LogP contribution in [0.5, 0.6) is 0 Å². The van der Waals surface area contributed by atoms with Crippen LogP contribution >= 0.6 is 0 Å². The second-order valence-electron chi connectivity index (χ2n) is 15.6. The van der Waals surface area contributed by atoms with Crippen LogP contribution in [0.3, 0.4) is 0 Å². The molecule has 0 aliphatic carbocycles. The quantitative estimate of drug-likeness (QED) is 0.161. The van der Waals surface area contributed by atoms with Crippen molar-refractivity contribution in [2.24, 2.45) is 0 Å². The van der Waals surface area contributed by atoms with Gasteiger partial charge in [-0.2, -0.15) is 0 Å². The molecule has 12 rings (SSSR count). The molecule has 5 nitrogen and oxygen atoms in total. The van der Waals surface area contributed by atoms with Crippen LogP contribution in [-0.2, 0) is 0 Å². The highest BCUT2D eigenvalue weighted by Gasteiger charge is 2.19. The zero-order valence-corrected chi connectivity index (χ0v) is 33.5. The molecule has 0 unspecified atom stereocenters. The number of furan rings is 1. The van der Waals surface area contributed by atoms with E-state index in [9.17, 15) is 0 Å². The zero-order valence-electron chi connectivity index (χ0n) is 33.5. The van der Waals surface area contributed by atoms with Crippen LogP contribution in [-0.4, -0.2) is 19.5 Å². The molecule has 62 heavy (non-hydrogen) atoms. The van der Waals surface area contributed by atoms with E-state index in [4.69, 9.17) is 19.4 Å². The van der Waals surface area contributed by atoms with Crippen LogP contribution in [0.1, 0.15) is 0 Å². The number of hydrogen-bond acceptors (Lipinski definition) is 4. The fourth-order valence-corrected chi connectivity index (χ4v) is 8.78. The lowest BCUT2D eigenvalue weighted by Crippen LogP contribution is -2.00. The first-order valence-corrected chi connectivity index (χ1v) is 20.8. The number of nitrogens with zero attached hydrogens (tertiary/aromatic N) is 4. The smallest absolute Gasteiger partial charge is 0.164 e. The van der Waals surface area contributed by atoms with Crippen molar-refractivity contribution in [1.29, 1.82) is 0 Å². The van der Waals surface area contributed by atoms with Gasteiger partial charge in [-0.3, -0.25) is 0 Å². The molecule has 0 radical (unpaired) electrons. The van der Waals surface area contributed by atoms with E-state index < -0.39 is 0 Å². The average Bonchev–Trinajstić information content (AvgIpc) is 3.89. The lowest BCUT2D eigenvalue weighted by molar-refractivity contribution is 0.669. The fraction of sp³-hybridized carbons (Fsp3) is 0. The highest BCUT2D eigenvalue weighted by molar-refractivity contribution is 6.12. The molecule has 0 amide bonds. The van der Waals surface area contributed by atoms with E-state index >= 15 is 0 Å². The van der Waals surface area contributed by atoms with Gasteiger partial charge >= 0.3 is 0 Å². The summed E-state index contributed by atoms with van der Waals surface area (Å²) in [4.78, 5) is 15.1. The maximum absolute atomic E-state index is 6.63. The molecule has 3 heterocycles. The van der Waals surface area contributed by atoms with Gasteiger partial charge in [-0.15, -0.1) is 0 Å². The first kappa shape index (κ1) is 35.5. The van der Waals surface area contributed by atoms with Crippen molar-refractivity contribution in [2.75, 3.05) is 0 Å². The fourth-order valence-electron chi connectivity index (χ4n) is 8.78. The summed E-state index contributed by atoms with van der Waals surface area (Å²) in [5.74, 6) is 1.80. The molecule has 0 aliphatic rings. The van der Waals surface area contributed by atoms with Gasteiger partial charge < -0.3 is 8.98 Å². The van der Waals surface area contributed by atoms with Gasteiger partial charge in [-0.05, 0) is 81.9 Å². The first-order valence-electron chi connectivity index (χ1n) is 20.8. The molecule has 5 heteroatoms. The molecular weight excluding hydrogens is 757 g/mol. The number of aromatic nitrogens is 4. The van der Waals surface area contributed by atoms with Crippen molar-refractivity contribution in [3.05, 3.63) is 218 Å². The second kappa shape index (κ2) is 14.7. The molecule has 0 spiro atoms. The standard InChI is InChI=1S/C57H36N4O/c1-5-14-37(15-6-1)41-22-13-23-44(32-41)56-58-55(40-20-11-4-12-21-40)59-57(60-56)45-26-30-49-50-36-46(27-31-53(50)62-54(49)35-45)61-51-33-42(38-16-7-2-8-17-38)24-28-47(51)48-29-25-43(34-52(48)61)39-18-9-3-10-19-39/h1-36H. The Morgan fingerprint density at radius 1 is 0.274 bits per heavy atom. The summed E-state index contributed by atoms with van der Waals surface area (Å²) in [6.07, 6.45) is 0. The lowest BCUT2D eigenvalue weighted by Gasteiger charge is -2.10. The predicted octanol–water partition coefficient (Wildman–Crippen LogP) is 14.9. The van der Waals surface area contributed by atoms with Crippen LogP contribution in [0.4, 0.5) is 0 Å². The summed E-state index contributed by atoms with van der Waals surface area (Å²) in [7, 11) is 0. The largest absolute Gasteiger partial charge is 0.456 e. The third-order valence-corrected chi connectivity index (χ3v) is 11.8. The number of benzene rings is 9. The molecule has 0 fully saturated rings. The summed E-state index contributed by atoms with van der Waals surface area (Å²) in [6.45, 7) is 0. The van der Waals surface area contributed by atoms with E-state index in [1.807, 2.05) is 36.4 Å². The van der Waals surface area contributed by atoms with Crippen LogP contribution in [0.2, 0.25) is 0 Å². The van der Waals surface area contributed by atoms with Crippen LogP contribution in [0, 0.1) is 0 Å². The maximum Gasteiger partial charge on any atom is 0.164 e. The summed E-state index contributed by atoms with van der Waals surface area (Å²) in [5.41, 5.74) is 14.6. The first-order chi connectivity index (χ1) is 30.7. The predicted molar refractivity (Wildman–Crippen MR) is 254 cm³/mol. The van der Waals surface area contributed by atoms with Crippen molar-refractivity contribution in [1.82, 2.24) is 19.5 Å². The summed E-state index contributed by atoms with van der Waals surface area (Å²) in [5, 5.41) is 4.48. The van der Waals surface area contributed by atoms with Crippen molar-refractivity contribution < 1.29 is 4.42 Å². The van der Waals surface area contributed by atoms with Gasteiger partial charge in [0.1, 0.15) is 11.2 Å². The Bertz CT molecular complexity index is 3520. The molecule has 0 saturated carbocycles. The Kier molecular flexibility index (Phi) is 8.42. The average molecular weight is 793 g/mol. The summed E-state index contributed by atoms with van der Waals surface area (Å²) < 4.78 is 9.03. The molecule has 0 bridgehead atoms. The minimum absolute atomic E-state index is 0.579. The monoisotopic (exact) mass is 792 g/mol. The van der Waals surface area contributed by atoms with Crippen LogP contribution in [0.15, 0.2) is 223 Å².